The van der Waals surface area contributed by atoms with Crippen LogP contribution < -0.4 is 10.1 Å². The minimum absolute atomic E-state index is 0.0283. The first kappa shape index (κ1) is 25.6. The predicted octanol–water partition coefficient (Wildman–Crippen LogP) is 5.97. The maximum Gasteiger partial charge on any atom is 0.420 e. The van der Waals surface area contributed by atoms with Crippen LogP contribution in [0.15, 0.2) is 64.3 Å². The Morgan fingerprint density at radius 3 is 2.51 bits per heavy atom. The summed E-state index contributed by atoms with van der Waals surface area (Å²) in [7, 11) is 0. The molecule has 0 bridgehead atoms. The molecule has 1 aromatic heterocycles. The number of nitrogens with one attached hydrogen (secondary N) is 1. The van der Waals surface area contributed by atoms with Gasteiger partial charge in [-0.3, -0.25) is 10.1 Å². The number of hydrogen-bond acceptors (Lipinski definition) is 7. The van der Waals surface area contributed by atoms with E-state index in [-0.39, 0.29) is 35.5 Å². The van der Waals surface area contributed by atoms with E-state index >= 15 is 0 Å². The minimum atomic E-state index is -4.84. The number of ether oxygens (including phenoxy) is 2. The summed E-state index contributed by atoms with van der Waals surface area (Å²) in [5.41, 5.74) is -1.88. The summed E-state index contributed by atoms with van der Waals surface area (Å²) in [4.78, 5) is 34.2. The first-order valence-corrected chi connectivity index (χ1v) is 10.5. The van der Waals surface area contributed by atoms with Crippen molar-refractivity contribution in [2.75, 3.05) is 11.9 Å². The molecule has 0 aliphatic carbocycles. The number of carbonyl (C=O) groups excluding carboxylic acids is 1. The molecule has 1 N–H and O–H groups in total. The summed E-state index contributed by atoms with van der Waals surface area (Å²) in [6, 6.07) is 6.80. The van der Waals surface area contributed by atoms with Gasteiger partial charge < -0.3 is 14.8 Å². The average molecular weight is 554 g/mol. The van der Waals surface area contributed by atoms with Gasteiger partial charge in [0, 0.05) is 24.1 Å². The maximum absolute atomic E-state index is 13.6. The molecule has 0 aliphatic heterocycles. The lowest BCUT2D eigenvalue weighted by molar-refractivity contribution is -0.385. The topological polar surface area (TPSA) is 129 Å². The number of amides is 2. The van der Waals surface area contributed by atoms with Crippen molar-refractivity contribution in [2.24, 2.45) is 4.99 Å². The standard InChI is InChI=1S/C21H15BrF3N5O5/c1-2-34-18(14-5-3-4-6-16(14)30(32)33)29-19(31)28-13-7-8-17(15(9-13)21(23,24)25)35-20-26-10-12(22)11-27-20/h3-11H,2H2,1H3,(H,28,31)/b29-18-. The number of benzene rings is 2. The van der Waals surface area contributed by atoms with E-state index in [9.17, 15) is 28.1 Å². The molecule has 0 saturated carbocycles. The molecule has 0 aliphatic rings. The molecule has 1 heterocycles. The van der Waals surface area contributed by atoms with Crippen LogP contribution in [-0.2, 0) is 10.9 Å². The highest BCUT2D eigenvalue weighted by Crippen LogP contribution is 2.39. The van der Waals surface area contributed by atoms with Crippen LogP contribution in [0, 0.1) is 10.1 Å². The molecule has 3 rings (SSSR count). The van der Waals surface area contributed by atoms with Gasteiger partial charge in [0.1, 0.15) is 16.9 Å². The lowest BCUT2D eigenvalue weighted by atomic mass is 10.1. The Kier molecular flexibility index (Phi) is 7.96. The van der Waals surface area contributed by atoms with Crippen molar-refractivity contribution >= 4 is 39.2 Å². The molecule has 10 nitrogen and oxygen atoms in total. The van der Waals surface area contributed by atoms with E-state index in [4.69, 9.17) is 9.47 Å². The normalized spacial score (nSPS) is 11.6. The zero-order valence-corrected chi connectivity index (χ0v) is 19.3. The van der Waals surface area contributed by atoms with Gasteiger partial charge in [-0.25, -0.2) is 14.8 Å². The number of aliphatic imine (C=N–C) groups is 1. The van der Waals surface area contributed by atoms with Crippen molar-refractivity contribution in [3.05, 3.63) is 80.6 Å². The molecule has 0 unspecified atom stereocenters. The molecule has 2 amide bonds. The monoisotopic (exact) mass is 553 g/mol. The van der Waals surface area contributed by atoms with Crippen LogP contribution in [0.2, 0.25) is 0 Å². The fraction of sp³-hybridized carbons (Fsp3) is 0.143. The van der Waals surface area contributed by atoms with Crippen LogP contribution in [0.5, 0.6) is 11.8 Å². The zero-order chi connectivity index (χ0) is 25.6. The predicted molar refractivity (Wildman–Crippen MR) is 122 cm³/mol. The summed E-state index contributed by atoms with van der Waals surface area (Å²) >= 11 is 3.11. The highest BCUT2D eigenvalue weighted by molar-refractivity contribution is 9.10. The molecule has 3 aromatic rings. The van der Waals surface area contributed by atoms with Crippen molar-refractivity contribution < 1.29 is 32.4 Å². The summed E-state index contributed by atoms with van der Waals surface area (Å²) < 4.78 is 51.8. The van der Waals surface area contributed by atoms with Gasteiger partial charge in [-0.15, -0.1) is 0 Å². The molecule has 0 atom stereocenters. The number of halogens is 4. The average Bonchev–Trinajstić information content (AvgIpc) is 2.80. The fourth-order valence-electron chi connectivity index (χ4n) is 2.73. The van der Waals surface area contributed by atoms with Gasteiger partial charge in [-0.2, -0.15) is 18.2 Å². The highest BCUT2D eigenvalue weighted by Gasteiger charge is 2.35. The van der Waals surface area contributed by atoms with Gasteiger partial charge >= 0.3 is 18.2 Å². The Morgan fingerprint density at radius 2 is 1.89 bits per heavy atom. The van der Waals surface area contributed by atoms with Gasteiger partial charge in [-0.1, -0.05) is 12.1 Å². The SMILES string of the molecule is CCO/C(=N\C(=O)Nc1ccc(Oc2ncc(Br)cn2)c(C(F)(F)F)c1)c1ccccc1[N+](=O)[O-]. The van der Waals surface area contributed by atoms with Gasteiger partial charge in [0.2, 0.25) is 5.90 Å². The van der Waals surface area contributed by atoms with Crippen LogP contribution in [0.3, 0.4) is 0 Å². The van der Waals surface area contributed by atoms with E-state index in [0.29, 0.717) is 10.5 Å². The van der Waals surface area contributed by atoms with Crippen LogP contribution >= 0.6 is 15.9 Å². The van der Waals surface area contributed by atoms with Gasteiger partial charge in [0.15, 0.2) is 0 Å². The minimum Gasteiger partial charge on any atom is -0.477 e. The maximum atomic E-state index is 13.6. The zero-order valence-electron chi connectivity index (χ0n) is 17.7. The number of para-hydroxylation sites is 1. The molecule has 0 spiro atoms. The Balaban J connectivity index is 1.89. The molecular formula is C21H15BrF3N5O5. The third-order valence-electron chi connectivity index (χ3n) is 4.15. The van der Waals surface area contributed by atoms with E-state index < -0.39 is 28.4 Å². The summed E-state index contributed by atoms with van der Waals surface area (Å²) in [5, 5.41) is 13.5. The summed E-state index contributed by atoms with van der Waals surface area (Å²) in [6.07, 6.45) is -2.24. The Labute approximate surface area is 204 Å². The van der Waals surface area contributed by atoms with Crippen LogP contribution in [0.1, 0.15) is 18.1 Å². The first-order valence-electron chi connectivity index (χ1n) is 9.71. The number of nitrogens with zero attached hydrogens (tertiary/aromatic N) is 4. The third kappa shape index (κ3) is 6.72. The van der Waals surface area contributed by atoms with Crippen molar-refractivity contribution in [1.82, 2.24) is 9.97 Å². The van der Waals surface area contributed by atoms with Crippen molar-refractivity contribution in [3.8, 4) is 11.8 Å². The molecule has 0 radical (unpaired) electrons. The lowest BCUT2D eigenvalue weighted by Gasteiger charge is -2.14. The second-order valence-electron chi connectivity index (χ2n) is 6.55. The van der Waals surface area contributed by atoms with Crippen LogP contribution in [-0.4, -0.2) is 33.4 Å². The fourth-order valence-corrected chi connectivity index (χ4v) is 2.94. The van der Waals surface area contributed by atoms with Crippen molar-refractivity contribution in [3.63, 3.8) is 0 Å². The smallest absolute Gasteiger partial charge is 0.420 e. The molecule has 14 heteroatoms. The number of hydrogen-bond donors (Lipinski definition) is 1. The van der Waals surface area contributed by atoms with E-state index in [2.05, 4.69) is 36.2 Å². The molecule has 182 valence electrons. The van der Waals surface area contributed by atoms with Crippen molar-refractivity contribution in [2.45, 2.75) is 13.1 Å². The van der Waals surface area contributed by atoms with E-state index in [1.54, 1.807) is 6.92 Å². The van der Waals surface area contributed by atoms with Crippen LogP contribution in [0.4, 0.5) is 29.3 Å². The number of alkyl halides is 3. The molecule has 2 aromatic carbocycles. The van der Waals surface area contributed by atoms with E-state index in [1.165, 1.54) is 36.7 Å². The van der Waals surface area contributed by atoms with E-state index in [0.717, 1.165) is 12.1 Å². The van der Waals surface area contributed by atoms with Gasteiger partial charge in [0.25, 0.3) is 5.69 Å². The lowest BCUT2D eigenvalue weighted by Crippen LogP contribution is -2.16. The number of urea groups is 1. The highest BCUT2D eigenvalue weighted by atomic mass is 79.9. The van der Waals surface area contributed by atoms with Gasteiger partial charge in [0.05, 0.1) is 16.0 Å². The number of aromatic nitrogens is 2. The van der Waals surface area contributed by atoms with E-state index in [1.807, 2.05) is 0 Å². The quantitative estimate of drug-likeness (QED) is 0.172. The number of carbonyl (C=O) groups is 1. The largest absolute Gasteiger partial charge is 0.477 e. The molecule has 0 fully saturated rings. The first-order chi connectivity index (χ1) is 16.6. The Morgan fingerprint density at radius 1 is 1.20 bits per heavy atom. The summed E-state index contributed by atoms with van der Waals surface area (Å²) in [5.74, 6) is -0.947. The van der Waals surface area contributed by atoms with Gasteiger partial charge in [-0.05, 0) is 47.1 Å². The molecule has 35 heavy (non-hydrogen) atoms. The number of rotatable bonds is 6. The molecular weight excluding hydrogens is 539 g/mol. The second kappa shape index (κ2) is 10.9. The second-order valence-corrected chi connectivity index (χ2v) is 7.46. The summed E-state index contributed by atoms with van der Waals surface area (Å²) in [6.45, 7) is 1.60. The Bertz CT molecular complexity index is 1270. The number of nitro groups is 1. The number of anilines is 1. The van der Waals surface area contributed by atoms with Crippen LogP contribution in [0.25, 0.3) is 0 Å². The Hall–Kier alpha value is -4.07. The third-order valence-corrected chi connectivity index (χ3v) is 4.56. The number of nitro benzene ring substituents is 1. The molecule has 0 saturated heterocycles. The van der Waals surface area contributed by atoms with Crippen molar-refractivity contribution in [1.29, 1.82) is 0 Å².